The summed E-state index contributed by atoms with van der Waals surface area (Å²) >= 11 is 0. The molecule has 0 amide bonds. The fourth-order valence-electron chi connectivity index (χ4n) is 2.39. The lowest BCUT2D eigenvalue weighted by atomic mass is 10.1. The Balaban J connectivity index is 2.24. The molecular weight excluding hydrogens is 290 g/mol. The van der Waals surface area contributed by atoms with Crippen LogP contribution in [0, 0.1) is 20.8 Å². The van der Waals surface area contributed by atoms with Gasteiger partial charge in [-0.1, -0.05) is 6.07 Å². The number of anilines is 1. The average Bonchev–Trinajstić information content (AvgIpc) is 2.48. The van der Waals surface area contributed by atoms with Crippen LogP contribution in [0.3, 0.4) is 0 Å². The van der Waals surface area contributed by atoms with Crippen LogP contribution in [0.2, 0.25) is 0 Å². The molecule has 1 N–H and O–H groups in total. The van der Waals surface area contributed by atoms with Crippen molar-refractivity contribution >= 4 is 11.7 Å². The van der Waals surface area contributed by atoms with Crippen molar-refractivity contribution < 1.29 is 14.6 Å². The highest BCUT2D eigenvalue weighted by Crippen LogP contribution is 2.31. The highest BCUT2D eigenvalue weighted by Gasteiger charge is 2.11. The third kappa shape index (κ3) is 3.83. The lowest BCUT2D eigenvalue weighted by Crippen LogP contribution is -2.12. The third-order valence-electron chi connectivity index (χ3n) is 4.03. The lowest BCUT2D eigenvalue weighted by molar-refractivity contribution is 0.0696. The molecule has 0 aromatic heterocycles. The fraction of sp³-hybridized carbons (Fsp3) is 0.316. The Hall–Kier alpha value is -2.49. The summed E-state index contributed by atoms with van der Waals surface area (Å²) in [5.41, 5.74) is 5.64. The number of hydrogen-bond acceptors (Lipinski definition) is 3. The van der Waals surface area contributed by atoms with Gasteiger partial charge in [0.25, 0.3) is 0 Å². The molecule has 0 aliphatic rings. The van der Waals surface area contributed by atoms with Gasteiger partial charge in [0.15, 0.2) is 0 Å². The van der Waals surface area contributed by atoms with Crippen molar-refractivity contribution in [2.24, 2.45) is 0 Å². The molecule has 0 saturated carbocycles. The summed E-state index contributed by atoms with van der Waals surface area (Å²) < 4.78 is 6.01. The summed E-state index contributed by atoms with van der Waals surface area (Å²) in [5.74, 6) is -0.0792. The van der Waals surface area contributed by atoms with Crippen LogP contribution in [0.15, 0.2) is 30.3 Å². The van der Waals surface area contributed by atoms with Crippen molar-refractivity contribution in [3.8, 4) is 5.75 Å². The molecule has 0 aliphatic carbocycles. The van der Waals surface area contributed by atoms with Crippen molar-refractivity contribution in [3.63, 3.8) is 0 Å². The summed E-state index contributed by atoms with van der Waals surface area (Å²) in [4.78, 5) is 13.0. The Morgan fingerprint density at radius 3 is 2.26 bits per heavy atom. The molecule has 0 atom stereocenters. The van der Waals surface area contributed by atoms with Gasteiger partial charge in [0, 0.05) is 14.1 Å². The van der Waals surface area contributed by atoms with Crippen LogP contribution in [0.1, 0.15) is 32.6 Å². The molecule has 0 spiro atoms. The van der Waals surface area contributed by atoms with Crippen molar-refractivity contribution in [2.45, 2.75) is 27.4 Å². The Kier molecular flexibility index (Phi) is 4.94. The molecule has 0 bridgehead atoms. The van der Waals surface area contributed by atoms with Crippen LogP contribution in [0.25, 0.3) is 0 Å². The first-order chi connectivity index (χ1) is 10.8. The highest BCUT2D eigenvalue weighted by molar-refractivity contribution is 5.87. The minimum atomic E-state index is -0.912. The van der Waals surface area contributed by atoms with Crippen molar-refractivity contribution in [1.82, 2.24) is 0 Å². The molecule has 4 nitrogen and oxygen atoms in total. The zero-order chi connectivity index (χ0) is 17.1. The summed E-state index contributed by atoms with van der Waals surface area (Å²) in [5, 5.41) is 9.03. The number of ether oxygens (including phenoxy) is 1. The summed E-state index contributed by atoms with van der Waals surface area (Å²) in [6.07, 6.45) is 0. The first-order valence-electron chi connectivity index (χ1n) is 7.53. The van der Waals surface area contributed by atoms with Crippen molar-refractivity contribution in [1.29, 1.82) is 0 Å². The molecule has 0 saturated heterocycles. The molecule has 0 fully saturated rings. The van der Waals surface area contributed by atoms with Gasteiger partial charge < -0.3 is 14.7 Å². The van der Waals surface area contributed by atoms with Crippen LogP contribution in [-0.4, -0.2) is 25.2 Å². The maximum absolute atomic E-state index is 11.0. The number of nitrogens with zero attached hydrogens (tertiary/aromatic N) is 1. The number of benzene rings is 2. The number of rotatable bonds is 5. The van der Waals surface area contributed by atoms with E-state index < -0.39 is 5.97 Å². The van der Waals surface area contributed by atoms with E-state index in [1.165, 1.54) is 11.1 Å². The van der Waals surface area contributed by atoms with Crippen LogP contribution >= 0.6 is 0 Å². The predicted octanol–water partition coefficient (Wildman–Crippen LogP) is 3.96. The topological polar surface area (TPSA) is 49.8 Å². The molecule has 2 rings (SSSR count). The zero-order valence-corrected chi connectivity index (χ0v) is 14.3. The molecule has 122 valence electrons. The first kappa shape index (κ1) is 16.9. The summed E-state index contributed by atoms with van der Waals surface area (Å²) in [7, 11) is 3.98. The second-order valence-corrected chi connectivity index (χ2v) is 6.03. The molecular formula is C19H23NO3. The normalized spacial score (nSPS) is 10.5. The van der Waals surface area contributed by atoms with Crippen LogP contribution in [-0.2, 0) is 6.61 Å². The minimum absolute atomic E-state index is 0.298. The highest BCUT2D eigenvalue weighted by atomic mass is 16.5. The predicted molar refractivity (Wildman–Crippen MR) is 92.7 cm³/mol. The van der Waals surface area contributed by atoms with E-state index in [4.69, 9.17) is 9.84 Å². The Morgan fingerprint density at radius 1 is 1.04 bits per heavy atom. The maximum atomic E-state index is 11.0. The Morgan fingerprint density at radius 2 is 1.70 bits per heavy atom. The Bertz CT molecular complexity index is 736. The molecule has 0 heterocycles. The van der Waals surface area contributed by atoms with E-state index in [2.05, 4.69) is 19.9 Å². The monoisotopic (exact) mass is 313 g/mol. The number of aryl methyl sites for hydroxylation is 3. The van der Waals surface area contributed by atoms with E-state index in [0.29, 0.717) is 12.2 Å². The van der Waals surface area contributed by atoms with E-state index in [-0.39, 0.29) is 0 Å². The van der Waals surface area contributed by atoms with E-state index in [1.807, 2.05) is 38.1 Å². The van der Waals surface area contributed by atoms with Gasteiger partial charge in [-0.3, -0.25) is 0 Å². The van der Waals surface area contributed by atoms with Gasteiger partial charge in [0.2, 0.25) is 0 Å². The van der Waals surface area contributed by atoms with Gasteiger partial charge in [-0.2, -0.15) is 0 Å². The smallest absolute Gasteiger partial charge is 0.335 e. The van der Waals surface area contributed by atoms with Gasteiger partial charge >= 0.3 is 5.97 Å². The second kappa shape index (κ2) is 6.73. The SMILES string of the molecule is Cc1cc(OCc2ccc(C(=O)O)cc2C)c(N(C)C)cc1C. The van der Waals surface area contributed by atoms with Crippen LogP contribution < -0.4 is 9.64 Å². The molecule has 2 aromatic rings. The van der Waals surface area contributed by atoms with E-state index >= 15 is 0 Å². The van der Waals surface area contributed by atoms with Crippen molar-refractivity contribution in [3.05, 3.63) is 58.1 Å². The number of aromatic carboxylic acids is 1. The Labute approximate surface area is 137 Å². The second-order valence-electron chi connectivity index (χ2n) is 6.03. The maximum Gasteiger partial charge on any atom is 0.335 e. The standard InChI is InChI=1S/C19H23NO3/c1-12-9-17(20(4)5)18(10-13(12)2)23-11-16-7-6-15(19(21)22)8-14(16)3/h6-10H,11H2,1-5H3,(H,21,22). The van der Waals surface area contributed by atoms with Gasteiger partial charge in [-0.05, 0) is 67.3 Å². The third-order valence-corrected chi connectivity index (χ3v) is 4.03. The fourth-order valence-corrected chi connectivity index (χ4v) is 2.39. The number of carboxylic acids is 1. The average molecular weight is 313 g/mol. The zero-order valence-electron chi connectivity index (χ0n) is 14.3. The number of carboxylic acid groups (broad SMARTS) is 1. The molecule has 0 aliphatic heterocycles. The number of hydrogen-bond donors (Lipinski definition) is 1. The largest absolute Gasteiger partial charge is 0.487 e. The van der Waals surface area contributed by atoms with E-state index in [9.17, 15) is 4.79 Å². The summed E-state index contributed by atoms with van der Waals surface area (Å²) in [6, 6.07) is 9.27. The molecule has 2 aromatic carbocycles. The molecule has 0 radical (unpaired) electrons. The van der Waals surface area contributed by atoms with Crippen molar-refractivity contribution in [2.75, 3.05) is 19.0 Å². The molecule has 23 heavy (non-hydrogen) atoms. The van der Waals surface area contributed by atoms with Gasteiger partial charge in [0.05, 0.1) is 11.3 Å². The quantitative estimate of drug-likeness (QED) is 0.908. The van der Waals surface area contributed by atoms with Gasteiger partial charge in [-0.25, -0.2) is 4.79 Å². The van der Waals surface area contributed by atoms with Gasteiger partial charge in [-0.15, -0.1) is 0 Å². The molecule has 4 heteroatoms. The number of carbonyl (C=O) groups is 1. The van der Waals surface area contributed by atoms with Crippen LogP contribution in [0.4, 0.5) is 5.69 Å². The summed E-state index contributed by atoms with van der Waals surface area (Å²) in [6.45, 7) is 6.46. The lowest BCUT2D eigenvalue weighted by Gasteiger charge is -2.20. The van der Waals surface area contributed by atoms with Crippen LogP contribution in [0.5, 0.6) is 5.75 Å². The molecule has 0 unspecified atom stereocenters. The van der Waals surface area contributed by atoms with E-state index in [0.717, 1.165) is 22.6 Å². The van der Waals surface area contributed by atoms with E-state index in [1.54, 1.807) is 12.1 Å². The minimum Gasteiger partial charge on any atom is -0.487 e. The van der Waals surface area contributed by atoms with Gasteiger partial charge in [0.1, 0.15) is 12.4 Å². The first-order valence-corrected chi connectivity index (χ1v) is 7.53.